The van der Waals surface area contributed by atoms with E-state index in [0.29, 0.717) is 32.4 Å². The second-order valence-electron chi connectivity index (χ2n) is 8.48. The number of ether oxygens (including phenoxy) is 1. The zero-order valence-corrected chi connectivity index (χ0v) is 20.1. The van der Waals surface area contributed by atoms with Crippen LogP contribution in [0.25, 0.3) is 10.4 Å². The first-order valence-corrected chi connectivity index (χ1v) is 11.9. The van der Waals surface area contributed by atoms with E-state index >= 15 is 0 Å². The highest BCUT2D eigenvalue weighted by Crippen LogP contribution is 2.28. The van der Waals surface area contributed by atoms with Crippen molar-refractivity contribution < 1.29 is 19.4 Å². The van der Waals surface area contributed by atoms with Crippen LogP contribution in [0.15, 0.2) is 29.8 Å². The standard InChI is InChI=1S/C24H33N3O4S/c1-16-23(32-15-25-16)19-8-5-18(6-9-19)7-10-22(29)21-13-20(28)14-27(21)24(30)17(2)26(3)11-12-31-4/h5-6,8-9,15,17,20-21,28H,7,10-14H2,1-4H3/t17-,20+,21-/m0/s1. The Balaban J connectivity index is 1.59. The third kappa shape index (κ3) is 5.81. The molecule has 0 spiro atoms. The number of likely N-dealkylation sites (N-methyl/N-ethyl adjacent to an activating group) is 1. The van der Waals surface area contributed by atoms with E-state index in [-0.39, 0.29) is 24.3 Å². The minimum Gasteiger partial charge on any atom is -0.391 e. The molecule has 8 heteroatoms. The van der Waals surface area contributed by atoms with Gasteiger partial charge in [-0.25, -0.2) is 4.98 Å². The van der Waals surface area contributed by atoms with E-state index in [1.54, 1.807) is 23.3 Å². The number of ketones is 1. The zero-order chi connectivity index (χ0) is 23.3. The number of benzene rings is 1. The van der Waals surface area contributed by atoms with Crippen molar-refractivity contribution in [2.45, 2.75) is 51.3 Å². The van der Waals surface area contributed by atoms with Crippen molar-refractivity contribution in [2.24, 2.45) is 0 Å². The molecule has 0 saturated carbocycles. The van der Waals surface area contributed by atoms with E-state index < -0.39 is 12.1 Å². The average Bonchev–Trinajstić information content (AvgIpc) is 3.40. The van der Waals surface area contributed by atoms with Crippen LogP contribution < -0.4 is 0 Å². The highest BCUT2D eigenvalue weighted by atomic mass is 32.1. The molecule has 1 fully saturated rings. The van der Waals surface area contributed by atoms with Gasteiger partial charge in [0.1, 0.15) is 0 Å². The lowest BCUT2D eigenvalue weighted by molar-refractivity contribution is -0.141. The summed E-state index contributed by atoms with van der Waals surface area (Å²) in [6.07, 6.45) is 0.598. The molecule has 0 radical (unpaired) electrons. The predicted molar refractivity (Wildman–Crippen MR) is 126 cm³/mol. The molecule has 1 N–H and O–H groups in total. The molecule has 1 saturated heterocycles. The van der Waals surface area contributed by atoms with Gasteiger partial charge in [0.05, 0.1) is 40.9 Å². The molecule has 1 amide bonds. The van der Waals surface area contributed by atoms with Crippen molar-refractivity contribution in [1.82, 2.24) is 14.8 Å². The Hall–Kier alpha value is -2.13. The summed E-state index contributed by atoms with van der Waals surface area (Å²) in [5.74, 6) is -0.119. The summed E-state index contributed by atoms with van der Waals surface area (Å²) in [6.45, 7) is 5.19. The van der Waals surface area contributed by atoms with Gasteiger partial charge in [-0.1, -0.05) is 24.3 Å². The van der Waals surface area contributed by atoms with E-state index in [9.17, 15) is 14.7 Å². The largest absolute Gasteiger partial charge is 0.391 e. The van der Waals surface area contributed by atoms with Gasteiger partial charge >= 0.3 is 0 Å². The van der Waals surface area contributed by atoms with Crippen LogP contribution in [-0.4, -0.2) is 83.6 Å². The summed E-state index contributed by atoms with van der Waals surface area (Å²) in [6, 6.07) is 7.27. The molecule has 2 aromatic rings. The number of aliphatic hydroxyl groups is 1. The molecule has 0 bridgehead atoms. The number of aromatic nitrogens is 1. The topological polar surface area (TPSA) is 83.0 Å². The fourth-order valence-corrected chi connectivity index (χ4v) is 4.87. The van der Waals surface area contributed by atoms with Crippen molar-refractivity contribution in [3.8, 4) is 10.4 Å². The number of amides is 1. The third-order valence-corrected chi connectivity index (χ3v) is 7.20. The van der Waals surface area contributed by atoms with Crippen molar-refractivity contribution in [1.29, 1.82) is 0 Å². The molecule has 2 heterocycles. The third-order valence-electron chi connectivity index (χ3n) is 6.22. The van der Waals surface area contributed by atoms with Gasteiger partial charge in [-0.3, -0.25) is 14.5 Å². The van der Waals surface area contributed by atoms with E-state index in [4.69, 9.17) is 4.74 Å². The van der Waals surface area contributed by atoms with Crippen LogP contribution in [0.5, 0.6) is 0 Å². The van der Waals surface area contributed by atoms with Crippen LogP contribution in [0.4, 0.5) is 0 Å². The highest BCUT2D eigenvalue weighted by molar-refractivity contribution is 7.13. The van der Waals surface area contributed by atoms with Gasteiger partial charge in [-0.05, 0) is 38.4 Å². The van der Waals surface area contributed by atoms with Crippen LogP contribution in [-0.2, 0) is 20.7 Å². The molecule has 1 aliphatic rings. The van der Waals surface area contributed by atoms with E-state index in [1.807, 2.05) is 43.4 Å². The van der Waals surface area contributed by atoms with Gasteiger partial charge in [0.25, 0.3) is 0 Å². The number of Topliss-reactive ketones (excluding diaryl/α,β-unsaturated/α-hetero) is 1. The molecule has 1 aromatic carbocycles. The Bertz CT molecular complexity index is 914. The van der Waals surface area contributed by atoms with Crippen LogP contribution in [0.1, 0.15) is 31.0 Å². The first kappa shape index (κ1) is 24.5. The van der Waals surface area contributed by atoms with Gasteiger partial charge in [-0.2, -0.15) is 0 Å². The van der Waals surface area contributed by atoms with Crippen LogP contribution in [0, 0.1) is 6.92 Å². The number of thiazole rings is 1. The van der Waals surface area contributed by atoms with E-state index in [0.717, 1.165) is 21.7 Å². The Morgan fingerprint density at radius 1 is 1.34 bits per heavy atom. The minimum atomic E-state index is -0.661. The quantitative estimate of drug-likeness (QED) is 0.588. The monoisotopic (exact) mass is 459 g/mol. The number of aliphatic hydroxyl groups excluding tert-OH is 1. The summed E-state index contributed by atoms with van der Waals surface area (Å²) in [5.41, 5.74) is 5.07. The summed E-state index contributed by atoms with van der Waals surface area (Å²) >= 11 is 1.62. The molecule has 3 atom stereocenters. The number of hydrogen-bond acceptors (Lipinski definition) is 7. The van der Waals surface area contributed by atoms with Gasteiger partial charge < -0.3 is 14.7 Å². The van der Waals surface area contributed by atoms with Gasteiger partial charge in [0.2, 0.25) is 5.91 Å². The number of likely N-dealkylation sites (tertiary alicyclic amines) is 1. The maximum atomic E-state index is 13.0. The molecule has 1 aliphatic heterocycles. The molecule has 32 heavy (non-hydrogen) atoms. The second-order valence-corrected chi connectivity index (χ2v) is 9.33. The summed E-state index contributed by atoms with van der Waals surface area (Å²) in [4.78, 5) is 35.0. The number of nitrogens with zero attached hydrogens (tertiary/aromatic N) is 3. The van der Waals surface area contributed by atoms with Crippen molar-refractivity contribution >= 4 is 23.0 Å². The molecule has 174 valence electrons. The van der Waals surface area contributed by atoms with Gasteiger partial charge in [0.15, 0.2) is 5.78 Å². The molecule has 3 rings (SSSR count). The molecular formula is C24H33N3O4S. The molecular weight excluding hydrogens is 426 g/mol. The highest BCUT2D eigenvalue weighted by Gasteiger charge is 2.40. The molecule has 7 nitrogen and oxygen atoms in total. The first-order valence-electron chi connectivity index (χ1n) is 11.0. The zero-order valence-electron chi connectivity index (χ0n) is 19.3. The fraction of sp³-hybridized carbons (Fsp3) is 0.542. The smallest absolute Gasteiger partial charge is 0.240 e. The first-order chi connectivity index (χ1) is 15.3. The number of aryl methyl sites for hydroxylation is 2. The summed E-state index contributed by atoms with van der Waals surface area (Å²) in [7, 11) is 3.49. The normalized spacial score (nSPS) is 19.5. The Morgan fingerprint density at radius 3 is 2.69 bits per heavy atom. The summed E-state index contributed by atoms with van der Waals surface area (Å²) in [5, 5.41) is 10.2. The lowest BCUT2D eigenvalue weighted by Crippen LogP contribution is -2.50. The number of rotatable bonds is 10. The van der Waals surface area contributed by atoms with Gasteiger partial charge in [0, 0.05) is 33.0 Å². The second kappa shape index (κ2) is 11.1. The SMILES string of the molecule is COCCN(C)[C@@H](C)C(=O)N1C[C@H](O)C[C@H]1C(=O)CCc1ccc(-c2scnc2C)cc1. The summed E-state index contributed by atoms with van der Waals surface area (Å²) < 4.78 is 5.09. The maximum Gasteiger partial charge on any atom is 0.240 e. The molecule has 0 unspecified atom stereocenters. The lowest BCUT2D eigenvalue weighted by Gasteiger charge is -2.30. The Morgan fingerprint density at radius 2 is 2.06 bits per heavy atom. The Labute approximate surface area is 194 Å². The number of β-amino-alcohol motifs (C(OH)–C–C–N with tert-alkyl or cyclic N) is 1. The van der Waals surface area contributed by atoms with Crippen LogP contribution in [0.2, 0.25) is 0 Å². The van der Waals surface area contributed by atoms with Crippen LogP contribution >= 0.6 is 11.3 Å². The minimum absolute atomic E-state index is 0.00372. The lowest BCUT2D eigenvalue weighted by atomic mass is 10.00. The fourth-order valence-electron chi connectivity index (χ4n) is 4.06. The number of methoxy groups -OCH3 is 1. The Kier molecular flexibility index (Phi) is 8.53. The number of hydrogen-bond donors (Lipinski definition) is 1. The number of carbonyl (C=O) groups is 2. The van der Waals surface area contributed by atoms with Crippen molar-refractivity contribution in [3.63, 3.8) is 0 Å². The van der Waals surface area contributed by atoms with Crippen LogP contribution in [0.3, 0.4) is 0 Å². The molecule has 1 aromatic heterocycles. The number of carbonyl (C=O) groups excluding carboxylic acids is 2. The van der Waals surface area contributed by atoms with E-state index in [2.05, 4.69) is 17.1 Å². The predicted octanol–water partition coefficient (Wildman–Crippen LogP) is 2.55. The maximum absolute atomic E-state index is 13.0. The van der Waals surface area contributed by atoms with Gasteiger partial charge in [-0.15, -0.1) is 11.3 Å². The molecule has 0 aliphatic carbocycles. The average molecular weight is 460 g/mol. The van der Waals surface area contributed by atoms with E-state index in [1.165, 1.54) is 0 Å². The van der Waals surface area contributed by atoms with Crippen molar-refractivity contribution in [3.05, 3.63) is 41.0 Å². The van der Waals surface area contributed by atoms with Crippen molar-refractivity contribution in [2.75, 3.05) is 33.9 Å².